The van der Waals surface area contributed by atoms with Gasteiger partial charge in [0.15, 0.2) is 6.10 Å². The molecule has 2 aliphatic rings. The number of allylic oxidation sites excluding steroid dienone is 3. The van der Waals surface area contributed by atoms with E-state index in [0.29, 0.717) is 13.1 Å². The van der Waals surface area contributed by atoms with Gasteiger partial charge in [-0.25, -0.2) is 4.79 Å². The zero-order valence-corrected chi connectivity index (χ0v) is 26.9. The number of amides is 1. The highest BCUT2D eigenvalue weighted by Gasteiger charge is 2.37. The van der Waals surface area contributed by atoms with Crippen LogP contribution in [0.4, 0.5) is 4.79 Å². The summed E-state index contributed by atoms with van der Waals surface area (Å²) in [6, 6.07) is 5.81. The summed E-state index contributed by atoms with van der Waals surface area (Å²) < 4.78 is 11.8. The Hall–Kier alpha value is -3.01. The Labute approximate surface area is 257 Å². The molecular formula is C34H51N3O6. The molecule has 2 N–H and O–H groups in total. The molecular weight excluding hydrogens is 546 g/mol. The van der Waals surface area contributed by atoms with Crippen LogP contribution in [0.5, 0.6) is 0 Å². The van der Waals surface area contributed by atoms with Crippen LogP contribution in [-0.4, -0.2) is 92.7 Å². The molecule has 3 heterocycles. The lowest BCUT2D eigenvalue weighted by Crippen LogP contribution is -2.55. The number of aromatic nitrogens is 1. The second-order valence-corrected chi connectivity index (χ2v) is 13.2. The van der Waals surface area contributed by atoms with Crippen LogP contribution in [0.25, 0.3) is 0 Å². The molecule has 0 saturated carbocycles. The van der Waals surface area contributed by atoms with Crippen molar-refractivity contribution in [3.63, 3.8) is 0 Å². The normalized spacial score (nSPS) is 30.2. The molecule has 238 valence electrons. The monoisotopic (exact) mass is 597 g/mol. The number of aliphatic hydroxyl groups excluding tert-OH is 1. The fourth-order valence-corrected chi connectivity index (χ4v) is 5.41. The Morgan fingerprint density at radius 3 is 2.53 bits per heavy atom. The number of rotatable bonds is 5. The van der Waals surface area contributed by atoms with Gasteiger partial charge in [-0.1, -0.05) is 44.2 Å². The van der Waals surface area contributed by atoms with Crippen molar-refractivity contribution in [2.75, 3.05) is 26.2 Å². The molecule has 1 fully saturated rings. The number of ether oxygens (including phenoxy) is 2. The largest absolute Gasteiger partial charge is 0.457 e. The maximum Gasteiger partial charge on any atom is 0.410 e. The Balaban J connectivity index is 1.79. The fraction of sp³-hybridized carbons (Fsp3) is 0.618. The van der Waals surface area contributed by atoms with Crippen molar-refractivity contribution in [1.29, 1.82) is 0 Å². The first-order valence-corrected chi connectivity index (χ1v) is 15.4. The van der Waals surface area contributed by atoms with Crippen molar-refractivity contribution in [2.24, 2.45) is 5.92 Å². The minimum absolute atomic E-state index is 0.0204. The summed E-state index contributed by atoms with van der Waals surface area (Å²) in [6.07, 6.45) is 8.22. The SMILES string of the molecule is C/C(=C\C=C\[C@@H](C)c1ccccn1)[C@H]1OC(=O)C[C@H](O)CC[C@@](C)(O)[C@@H](OC(=O)N2CCN(C(C)(C)C)CC2)/C=C\[C@@H]1C. The third-order valence-corrected chi connectivity index (χ3v) is 8.40. The number of hydrogen-bond donors (Lipinski definition) is 2. The standard InChI is InChI=1S/C34H51N3O6/c1-24(28-13-8-9-18-35-28)11-10-12-25(2)31-26(3)14-15-29(34(7,41)17-16-27(38)23-30(39)43-31)42-32(40)36-19-21-37(22-20-36)33(4,5)6/h8-15,18,24,26-27,29,31,38,41H,16-17,19-23H2,1-7H3/b11-10+,15-14-,25-12+/t24-,26+,27-,29+,31-,34-/m1/s1. The van der Waals surface area contributed by atoms with E-state index in [9.17, 15) is 19.8 Å². The molecule has 1 saturated heterocycles. The minimum Gasteiger partial charge on any atom is -0.457 e. The number of aliphatic hydroxyl groups is 2. The Kier molecular flexibility index (Phi) is 12.1. The summed E-state index contributed by atoms with van der Waals surface area (Å²) in [7, 11) is 0. The van der Waals surface area contributed by atoms with Gasteiger partial charge in [-0.3, -0.25) is 14.7 Å². The van der Waals surface area contributed by atoms with Crippen molar-refractivity contribution in [2.45, 2.75) is 103 Å². The molecule has 0 aliphatic carbocycles. The average molecular weight is 598 g/mol. The van der Waals surface area contributed by atoms with Gasteiger partial charge >= 0.3 is 12.1 Å². The lowest BCUT2D eigenvalue weighted by Gasteiger charge is -2.42. The molecule has 0 unspecified atom stereocenters. The van der Waals surface area contributed by atoms with Gasteiger partial charge in [-0.15, -0.1) is 0 Å². The maximum absolute atomic E-state index is 13.2. The average Bonchev–Trinajstić information content (AvgIpc) is 2.96. The fourth-order valence-electron chi connectivity index (χ4n) is 5.41. The van der Waals surface area contributed by atoms with E-state index in [4.69, 9.17) is 9.47 Å². The third kappa shape index (κ3) is 10.3. The van der Waals surface area contributed by atoms with Gasteiger partial charge in [0.25, 0.3) is 0 Å². The van der Waals surface area contributed by atoms with Gasteiger partial charge in [0, 0.05) is 55.4 Å². The van der Waals surface area contributed by atoms with Gasteiger partial charge in [0.2, 0.25) is 0 Å². The summed E-state index contributed by atoms with van der Waals surface area (Å²) in [5, 5.41) is 22.0. The molecule has 3 rings (SSSR count). The van der Waals surface area contributed by atoms with Gasteiger partial charge in [0.05, 0.1) is 12.5 Å². The van der Waals surface area contributed by atoms with E-state index < -0.39 is 36.0 Å². The molecule has 43 heavy (non-hydrogen) atoms. The molecule has 0 bridgehead atoms. The number of pyridine rings is 1. The zero-order chi connectivity index (χ0) is 31.8. The van der Waals surface area contributed by atoms with Crippen LogP contribution in [0.2, 0.25) is 0 Å². The molecule has 1 aromatic heterocycles. The van der Waals surface area contributed by atoms with Crippen LogP contribution >= 0.6 is 0 Å². The Morgan fingerprint density at radius 2 is 1.91 bits per heavy atom. The highest BCUT2D eigenvalue weighted by molar-refractivity contribution is 5.70. The second-order valence-electron chi connectivity index (χ2n) is 13.2. The van der Waals surface area contributed by atoms with Crippen LogP contribution < -0.4 is 0 Å². The van der Waals surface area contributed by atoms with E-state index in [0.717, 1.165) is 24.4 Å². The number of hydrogen-bond acceptors (Lipinski definition) is 8. The number of piperazine rings is 1. The lowest BCUT2D eigenvalue weighted by molar-refractivity contribution is -0.151. The smallest absolute Gasteiger partial charge is 0.410 e. The van der Waals surface area contributed by atoms with Crippen LogP contribution in [0.3, 0.4) is 0 Å². The maximum atomic E-state index is 13.2. The van der Waals surface area contributed by atoms with E-state index in [1.807, 2.05) is 56.4 Å². The van der Waals surface area contributed by atoms with Crippen LogP contribution in [0.15, 0.2) is 60.3 Å². The first-order valence-electron chi connectivity index (χ1n) is 15.4. The van der Waals surface area contributed by atoms with Gasteiger partial charge in [-0.05, 0) is 71.2 Å². The predicted molar refractivity (Wildman–Crippen MR) is 167 cm³/mol. The molecule has 2 aliphatic heterocycles. The number of cyclic esters (lactones) is 1. The summed E-state index contributed by atoms with van der Waals surface area (Å²) in [5.41, 5.74) is 0.343. The summed E-state index contributed by atoms with van der Waals surface area (Å²) in [6.45, 7) is 16.5. The lowest BCUT2D eigenvalue weighted by atomic mass is 9.88. The molecule has 6 atom stereocenters. The van der Waals surface area contributed by atoms with Gasteiger partial charge in [-0.2, -0.15) is 0 Å². The van der Waals surface area contributed by atoms with Crippen molar-refractivity contribution in [3.05, 3.63) is 66.0 Å². The van der Waals surface area contributed by atoms with Gasteiger partial charge in [0.1, 0.15) is 11.7 Å². The second kappa shape index (κ2) is 15.1. The quantitative estimate of drug-likeness (QED) is 0.277. The molecule has 0 spiro atoms. The van der Waals surface area contributed by atoms with E-state index in [2.05, 4.69) is 37.6 Å². The number of nitrogens with zero attached hydrogens (tertiary/aromatic N) is 3. The molecule has 0 aromatic carbocycles. The number of esters is 1. The number of carbonyl (C=O) groups excluding carboxylic acids is 2. The highest BCUT2D eigenvalue weighted by Crippen LogP contribution is 2.28. The van der Waals surface area contributed by atoms with Crippen molar-refractivity contribution >= 4 is 12.1 Å². The van der Waals surface area contributed by atoms with E-state index in [1.165, 1.54) is 0 Å². The van der Waals surface area contributed by atoms with E-state index >= 15 is 0 Å². The Bertz CT molecular complexity index is 1150. The van der Waals surface area contributed by atoms with E-state index in [1.54, 1.807) is 24.1 Å². The van der Waals surface area contributed by atoms with Crippen molar-refractivity contribution in [1.82, 2.24) is 14.8 Å². The van der Waals surface area contributed by atoms with E-state index in [-0.39, 0.29) is 36.6 Å². The van der Waals surface area contributed by atoms with Crippen LogP contribution in [-0.2, 0) is 14.3 Å². The summed E-state index contributed by atoms with van der Waals surface area (Å²) in [5.74, 6) is -0.703. The molecule has 9 nitrogen and oxygen atoms in total. The summed E-state index contributed by atoms with van der Waals surface area (Å²) in [4.78, 5) is 34.4. The zero-order valence-electron chi connectivity index (χ0n) is 26.9. The molecule has 9 heteroatoms. The van der Waals surface area contributed by atoms with Crippen molar-refractivity contribution in [3.8, 4) is 0 Å². The highest BCUT2D eigenvalue weighted by atomic mass is 16.6. The first kappa shape index (κ1) is 34.5. The third-order valence-electron chi connectivity index (χ3n) is 8.40. The topological polar surface area (TPSA) is 112 Å². The Morgan fingerprint density at radius 1 is 1.21 bits per heavy atom. The molecule has 0 radical (unpaired) electrons. The minimum atomic E-state index is -1.45. The van der Waals surface area contributed by atoms with Gasteiger partial charge < -0.3 is 24.6 Å². The first-order chi connectivity index (χ1) is 20.2. The van der Waals surface area contributed by atoms with Crippen LogP contribution in [0, 0.1) is 5.92 Å². The summed E-state index contributed by atoms with van der Waals surface area (Å²) >= 11 is 0. The van der Waals surface area contributed by atoms with Crippen molar-refractivity contribution < 1.29 is 29.3 Å². The number of carbonyl (C=O) groups is 2. The molecule has 1 aromatic rings. The molecule has 1 amide bonds. The van der Waals surface area contributed by atoms with Crippen LogP contribution in [0.1, 0.15) is 79.3 Å². The predicted octanol–water partition coefficient (Wildman–Crippen LogP) is 5.01.